The SMILES string of the molecule is N#Cc1cccc(NC(=O)N2CCN(c3ncccn3)CC2)c1. The minimum Gasteiger partial charge on any atom is -0.337 e. The molecule has 0 spiro atoms. The van der Waals surface area contributed by atoms with Gasteiger partial charge in [0, 0.05) is 44.3 Å². The summed E-state index contributed by atoms with van der Waals surface area (Å²) < 4.78 is 0. The smallest absolute Gasteiger partial charge is 0.321 e. The highest BCUT2D eigenvalue weighted by Gasteiger charge is 2.22. The number of benzene rings is 1. The molecule has 0 aliphatic carbocycles. The standard InChI is InChI=1S/C16H16N6O/c17-12-13-3-1-4-14(11-13)20-16(23)22-9-7-21(8-10-22)15-18-5-2-6-19-15/h1-6,11H,7-10H2,(H,20,23). The number of aromatic nitrogens is 2. The van der Waals surface area contributed by atoms with Crippen molar-refractivity contribution in [3.8, 4) is 6.07 Å². The summed E-state index contributed by atoms with van der Waals surface area (Å²) in [6, 6.07) is 10.6. The van der Waals surface area contributed by atoms with E-state index in [4.69, 9.17) is 5.26 Å². The number of hydrogen-bond donors (Lipinski definition) is 1. The summed E-state index contributed by atoms with van der Waals surface area (Å²) in [6.07, 6.45) is 3.42. The average Bonchev–Trinajstić information content (AvgIpc) is 2.63. The van der Waals surface area contributed by atoms with E-state index in [0.29, 0.717) is 43.4 Å². The molecule has 1 fully saturated rings. The Hall–Kier alpha value is -3.14. The maximum absolute atomic E-state index is 12.3. The second kappa shape index (κ2) is 6.75. The number of urea groups is 1. The lowest BCUT2D eigenvalue weighted by atomic mass is 10.2. The molecule has 3 rings (SSSR count). The van der Waals surface area contributed by atoms with E-state index >= 15 is 0 Å². The highest BCUT2D eigenvalue weighted by molar-refractivity contribution is 5.89. The van der Waals surface area contributed by atoms with Crippen molar-refractivity contribution in [3.63, 3.8) is 0 Å². The van der Waals surface area contributed by atoms with Gasteiger partial charge in [-0.3, -0.25) is 0 Å². The number of nitrogens with one attached hydrogen (secondary N) is 1. The van der Waals surface area contributed by atoms with E-state index in [1.807, 2.05) is 0 Å². The third kappa shape index (κ3) is 3.55. The van der Waals surface area contributed by atoms with Crippen LogP contribution in [-0.4, -0.2) is 47.1 Å². The fourth-order valence-corrected chi connectivity index (χ4v) is 2.43. The molecule has 1 aliphatic heterocycles. The summed E-state index contributed by atoms with van der Waals surface area (Å²) >= 11 is 0. The molecule has 2 heterocycles. The molecule has 1 aromatic heterocycles. The number of nitriles is 1. The number of nitrogens with zero attached hydrogens (tertiary/aromatic N) is 5. The highest BCUT2D eigenvalue weighted by atomic mass is 16.2. The Bertz CT molecular complexity index is 719. The molecule has 1 aliphatic rings. The Labute approximate surface area is 134 Å². The number of carbonyl (C=O) groups is 1. The minimum absolute atomic E-state index is 0.159. The van der Waals surface area contributed by atoms with Crippen LogP contribution in [0.4, 0.5) is 16.4 Å². The first-order valence-corrected chi connectivity index (χ1v) is 7.34. The summed E-state index contributed by atoms with van der Waals surface area (Å²) in [7, 11) is 0. The van der Waals surface area contributed by atoms with Gasteiger partial charge in [0.25, 0.3) is 0 Å². The number of piperazine rings is 1. The monoisotopic (exact) mass is 308 g/mol. The number of rotatable bonds is 2. The van der Waals surface area contributed by atoms with Crippen molar-refractivity contribution in [2.24, 2.45) is 0 Å². The van der Waals surface area contributed by atoms with Gasteiger partial charge in [-0.15, -0.1) is 0 Å². The lowest BCUT2D eigenvalue weighted by molar-refractivity contribution is 0.208. The van der Waals surface area contributed by atoms with E-state index in [0.717, 1.165) is 0 Å². The van der Waals surface area contributed by atoms with Crippen molar-refractivity contribution < 1.29 is 4.79 Å². The molecule has 0 radical (unpaired) electrons. The number of carbonyl (C=O) groups excluding carboxylic acids is 1. The summed E-state index contributed by atoms with van der Waals surface area (Å²) in [5, 5.41) is 11.7. The Morgan fingerprint density at radius 1 is 1.13 bits per heavy atom. The van der Waals surface area contributed by atoms with E-state index in [9.17, 15) is 4.79 Å². The maximum atomic E-state index is 12.3. The summed E-state index contributed by atoms with van der Waals surface area (Å²) in [6.45, 7) is 2.58. The number of hydrogen-bond acceptors (Lipinski definition) is 5. The molecule has 1 N–H and O–H groups in total. The second-order valence-corrected chi connectivity index (χ2v) is 5.15. The van der Waals surface area contributed by atoms with E-state index in [1.165, 1.54) is 0 Å². The zero-order chi connectivity index (χ0) is 16.1. The molecular weight excluding hydrogens is 292 g/mol. The third-order valence-corrected chi connectivity index (χ3v) is 3.64. The Morgan fingerprint density at radius 3 is 2.57 bits per heavy atom. The van der Waals surface area contributed by atoms with Crippen molar-refractivity contribution in [2.45, 2.75) is 0 Å². The van der Waals surface area contributed by atoms with Crippen molar-refractivity contribution in [3.05, 3.63) is 48.3 Å². The molecule has 0 bridgehead atoms. The van der Waals surface area contributed by atoms with Gasteiger partial charge in [0.1, 0.15) is 0 Å². The van der Waals surface area contributed by atoms with E-state index in [-0.39, 0.29) is 6.03 Å². The van der Waals surface area contributed by atoms with Crippen molar-refractivity contribution >= 4 is 17.7 Å². The highest BCUT2D eigenvalue weighted by Crippen LogP contribution is 2.13. The Kier molecular flexibility index (Phi) is 4.34. The average molecular weight is 308 g/mol. The number of amides is 2. The first-order chi connectivity index (χ1) is 11.3. The predicted octanol–water partition coefficient (Wildman–Crippen LogP) is 1.70. The Morgan fingerprint density at radius 2 is 1.87 bits per heavy atom. The van der Waals surface area contributed by atoms with Gasteiger partial charge in [0.15, 0.2) is 0 Å². The van der Waals surface area contributed by atoms with Crippen molar-refractivity contribution in [2.75, 3.05) is 36.4 Å². The van der Waals surface area contributed by atoms with Gasteiger partial charge in [0.2, 0.25) is 5.95 Å². The molecule has 7 nitrogen and oxygen atoms in total. The van der Waals surface area contributed by atoms with Gasteiger partial charge in [-0.2, -0.15) is 5.26 Å². The lowest BCUT2D eigenvalue weighted by Crippen LogP contribution is -2.50. The van der Waals surface area contributed by atoms with Crippen LogP contribution in [0.1, 0.15) is 5.56 Å². The van der Waals surface area contributed by atoms with Gasteiger partial charge in [-0.05, 0) is 24.3 Å². The summed E-state index contributed by atoms with van der Waals surface area (Å²) in [5.41, 5.74) is 1.15. The van der Waals surface area contributed by atoms with Crippen molar-refractivity contribution in [1.29, 1.82) is 5.26 Å². The molecule has 2 aromatic rings. The van der Waals surface area contributed by atoms with Crippen LogP contribution < -0.4 is 10.2 Å². The maximum Gasteiger partial charge on any atom is 0.321 e. The summed E-state index contributed by atoms with van der Waals surface area (Å²) in [4.78, 5) is 24.5. The zero-order valence-electron chi connectivity index (χ0n) is 12.5. The fourth-order valence-electron chi connectivity index (χ4n) is 2.43. The van der Waals surface area contributed by atoms with Gasteiger partial charge in [0.05, 0.1) is 11.6 Å². The lowest BCUT2D eigenvalue weighted by Gasteiger charge is -2.34. The molecule has 0 atom stereocenters. The Balaban J connectivity index is 1.57. The predicted molar refractivity (Wildman–Crippen MR) is 86.0 cm³/mol. The van der Waals surface area contributed by atoms with E-state index in [2.05, 4.69) is 26.3 Å². The van der Waals surface area contributed by atoms with Crippen LogP contribution in [0.3, 0.4) is 0 Å². The van der Waals surface area contributed by atoms with Crippen LogP contribution in [0.15, 0.2) is 42.7 Å². The van der Waals surface area contributed by atoms with Gasteiger partial charge in [-0.25, -0.2) is 14.8 Å². The van der Waals surface area contributed by atoms with Crippen LogP contribution in [0.5, 0.6) is 0 Å². The van der Waals surface area contributed by atoms with Crippen LogP contribution in [0, 0.1) is 11.3 Å². The van der Waals surface area contributed by atoms with Crippen molar-refractivity contribution in [1.82, 2.24) is 14.9 Å². The molecule has 0 unspecified atom stereocenters. The van der Waals surface area contributed by atoms with Gasteiger partial charge in [-0.1, -0.05) is 6.07 Å². The topological polar surface area (TPSA) is 85.2 Å². The second-order valence-electron chi connectivity index (χ2n) is 5.15. The van der Waals surface area contributed by atoms with E-state index < -0.39 is 0 Å². The normalized spacial score (nSPS) is 14.2. The van der Waals surface area contributed by atoms with Gasteiger partial charge < -0.3 is 15.1 Å². The van der Waals surface area contributed by atoms with Crippen LogP contribution in [0.2, 0.25) is 0 Å². The summed E-state index contributed by atoms with van der Waals surface area (Å²) in [5.74, 6) is 0.689. The molecule has 7 heteroatoms. The van der Waals surface area contributed by atoms with Crippen LogP contribution >= 0.6 is 0 Å². The largest absolute Gasteiger partial charge is 0.337 e. The van der Waals surface area contributed by atoms with Crippen LogP contribution in [0.25, 0.3) is 0 Å². The fraction of sp³-hybridized carbons (Fsp3) is 0.250. The zero-order valence-corrected chi connectivity index (χ0v) is 12.5. The molecule has 1 aromatic carbocycles. The first-order valence-electron chi connectivity index (χ1n) is 7.34. The van der Waals surface area contributed by atoms with E-state index in [1.54, 1.807) is 47.6 Å². The number of anilines is 2. The molecule has 1 saturated heterocycles. The molecule has 0 saturated carbocycles. The molecule has 116 valence electrons. The quantitative estimate of drug-likeness (QED) is 0.912. The first kappa shape index (κ1) is 14.8. The van der Waals surface area contributed by atoms with Crippen LogP contribution in [-0.2, 0) is 0 Å². The molecule has 2 amide bonds. The minimum atomic E-state index is -0.159. The molecular formula is C16H16N6O. The molecule has 23 heavy (non-hydrogen) atoms. The van der Waals surface area contributed by atoms with Gasteiger partial charge >= 0.3 is 6.03 Å². The third-order valence-electron chi connectivity index (χ3n) is 3.64.